The van der Waals surface area contributed by atoms with Crippen LogP contribution in [0.4, 0.5) is 0 Å². The molecule has 0 aliphatic rings. The molecule has 0 saturated carbocycles. The van der Waals surface area contributed by atoms with E-state index >= 15 is 0 Å². The number of rotatable bonds is 3. The third-order valence-electron chi connectivity index (χ3n) is 1.69. The molecule has 2 N–H and O–H groups in total. The molecule has 0 bridgehead atoms. The minimum atomic E-state index is -1.09. The van der Waals surface area contributed by atoms with Crippen molar-refractivity contribution in [2.45, 2.75) is 6.61 Å². The minimum Gasteiger partial charge on any atom is -0.478 e. The Bertz CT molecular complexity index is 343. The summed E-state index contributed by atoms with van der Waals surface area (Å²) in [4.78, 5) is 20.9. The standard InChI is InChI=1S/C9H8O4/c10-4-7-2-1-6(9(12)13)3-8(7)5-11/h1-3,5,10H,4H2,(H,12,13). The second-order valence-corrected chi connectivity index (χ2v) is 2.49. The van der Waals surface area contributed by atoms with Gasteiger partial charge in [0.2, 0.25) is 0 Å². The maximum atomic E-state index is 10.5. The monoisotopic (exact) mass is 180 g/mol. The van der Waals surface area contributed by atoms with Gasteiger partial charge >= 0.3 is 5.97 Å². The van der Waals surface area contributed by atoms with E-state index in [1.165, 1.54) is 18.2 Å². The lowest BCUT2D eigenvalue weighted by atomic mass is 10.1. The molecule has 0 spiro atoms. The summed E-state index contributed by atoms with van der Waals surface area (Å²) in [5.74, 6) is -1.09. The Morgan fingerprint density at radius 1 is 1.46 bits per heavy atom. The fourth-order valence-corrected chi connectivity index (χ4v) is 0.982. The summed E-state index contributed by atoms with van der Waals surface area (Å²) < 4.78 is 0. The largest absolute Gasteiger partial charge is 0.478 e. The first kappa shape index (κ1) is 9.41. The highest BCUT2D eigenvalue weighted by Gasteiger charge is 2.06. The first-order valence-corrected chi connectivity index (χ1v) is 3.61. The molecule has 1 rings (SSSR count). The van der Waals surface area contributed by atoms with Crippen LogP contribution in [-0.2, 0) is 6.61 Å². The molecule has 0 aromatic heterocycles. The van der Waals surface area contributed by atoms with Gasteiger partial charge in [-0.15, -0.1) is 0 Å². The molecular formula is C9H8O4. The molecule has 13 heavy (non-hydrogen) atoms. The van der Waals surface area contributed by atoms with E-state index in [0.29, 0.717) is 11.8 Å². The van der Waals surface area contributed by atoms with Crippen molar-refractivity contribution < 1.29 is 19.8 Å². The topological polar surface area (TPSA) is 74.6 Å². The summed E-state index contributed by atoms with van der Waals surface area (Å²) in [6.07, 6.45) is 0.526. The fraction of sp³-hybridized carbons (Fsp3) is 0.111. The quantitative estimate of drug-likeness (QED) is 0.671. The molecule has 0 radical (unpaired) electrons. The normalized spacial score (nSPS) is 9.62. The number of aromatic carboxylic acids is 1. The summed E-state index contributed by atoms with van der Waals surface area (Å²) in [6, 6.07) is 4.01. The summed E-state index contributed by atoms with van der Waals surface area (Å²) in [5, 5.41) is 17.4. The molecule has 1 aromatic rings. The first-order valence-electron chi connectivity index (χ1n) is 3.61. The van der Waals surface area contributed by atoms with Crippen LogP contribution in [0.3, 0.4) is 0 Å². The molecular weight excluding hydrogens is 172 g/mol. The second kappa shape index (κ2) is 3.82. The van der Waals surface area contributed by atoms with Crippen molar-refractivity contribution in [3.8, 4) is 0 Å². The Labute approximate surface area is 74.4 Å². The highest BCUT2D eigenvalue weighted by molar-refractivity contribution is 5.90. The number of benzene rings is 1. The summed E-state index contributed by atoms with van der Waals surface area (Å²) >= 11 is 0. The van der Waals surface area contributed by atoms with Crippen LogP contribution >= 0.6 is 0 Å². The number of hydrogen-bond donors (Lipinski definition) is 2. The Balaban J connectivity index is 3.20. The van der Waals surface area contributed by atoms with Gasteiger partial charge in [-0.2, -0.15) is 0 Å². The van der Waals surface area contributed by atoms with Gasteiger partial charge in [-0.05, 0) is 17.7 Å². The van der Waals surface area contributed by atoms with Crippen LogP contribution < -0.4 is 0 Å². The Kier molecular flexibility index (Phi) is 2.76. The van der Waals surface area contributed by atoms with Gasteiger partial charge in [-0.25, -0.2) is 4.79 Å². The van der Waals surface area contributed by atoms with E-state index in [-0.39, 0.29) is 17.7 Å². The van der Waals surface area contributed by atoms with Crippen molar-refractivity contribution in [1.82, 2.24) is 0 Å². The van der Waals surface area contributed by atoms with Gasteiger partial charge < -0.3 is 10.2 Å². The van der Waals surface area contributed by atoms with E-state index in [1.807, 2.05) is 0 Å². The van der Waals surface area contributed by atoms with Crippen molar-refractivity contribution in [3.05, 3.63) is 34.9 Å². The van der Waals surface area contributed by atoms with Crippen LogP contribution in [0, 0.1) is 0 Å². The van der Waals surface area contributed by atoms with E-state index in [0.717, 1.165) is 0 Å². The predicted octanol–water partition coefficient (Wildman–Crippen LogP) is 0.690. The highest BCUT2D eigenvalue weighted by Crippen LogP contribution is 2.10. The third-order valence-corrected chi connectivity index (χ3v) is 1.69. The average molecular weight is 180 g/mol. The van der Waals surface area contributed by atoms with Gasteiger partial charge in [0.1, 0.15) is 6.29 Å². The molecule has 0 aliphatic heterocycles. The molecule has 0 heterocycles. The zero-order valence-electron chi connectivity index (χ0n) is 6.73. The van der Waals surface area contributed by atoms with Crippen molar-refractivity contribution >= 4 is 12.3 Å². The first-order chi connectivity index (χ1) is 6.19. The number of aliphatic hydroxyl groups excluding tert-OH is 1. The van der Waals surface area contributed by atoms with E-state index in [9.17, 15) is 9.59 Å². The van der Waals surface area contributed by atoms with Gasteiger partial charge in [0.15, 0.2) is 0 Å². The van der Waals surface area contributed by atoms with E-state index in [2.05, 4.69) is 0 Å². The molecule has 0 fully saturated rings. The number of carbonyl (C=O) groups is 2. The molecule has 0 unspecified atom stereocenters. The van der Waals surface area contributed by atoms with Crippen LogP contribution in [0.2, 0.25) is 0 Å². The molecule has 1 aromatic carbocycles. The molecule has 68 valence electrons. The molecule has 0 saturated heterocycles. The predicted molar refractivity (Wildman–Crippen MR) is 44.7 cm³/mol. The fourth-order valence-electron chi connectivity index (χ4n) is 0.982. The number of aldehydes is 1. The van der Waals surface area contributed by atoms with Gasteiger partial charge in [0, 0.05) is 5.56 Å². The number of carboxylic acids is 1. The Morgan fingerprint density at radius 2 is 2.15 bits per heavy atom. The Hall–Kier alpha value is -1.68. The van der Waals surface area contributed by atoms with Crippen LogP contribution in [0.5, 0.6) is 0 Å². The maximum absolute atomic E-state index is 10.5. The lowest BCUT2D eigenvalue weighted by molar-refractivity contribution is 0.0697. The maximum Gasteiger partial charge on any atom is 0.335 e. The summed E-state index contributed by atoms with van der Waals surface area (Å²) in [6.45, 7) is -0.270. The zero-order chi connectivity index (χ0) is 9.84. The number of hydrogen-bond acceptors (Lipinski definition) is 3. The minimum absolute atomic E-state index is 0.0410. The molecule has 0 amide bonds. The highest BCUT2D eigenvalue weighted by atomic mass is 16.4. The lowest BCUT2D eigenvalue weighted by Gasteiger charge is -2.01. The molecule has 4 nitrogen and oxygen atoms in total. The molecule has 0 aliphatic carbocycles. The third kappa shape index (κ3) is 1.91. The van der Waals surface area contributed by atoms with Gasteiger partial charge in [0.25, 0.3) is 0 Å². The number of carboxylic acid groups (broad SMARTS) is 1. The second-order valence-electron chi connectivity index (χ2n) is 2.49. The molecule has 0 atom stereocenters. The van der Waals surface area contributed by atoms with Gasteiger partial charge in [0.05, 0.1) is 12.2 Å². The summed E-state index contributed by atoms with van der Waals surface area (Å²) in [5.41, 5.74) is 0.682. The van der Waals surface area contributed by atoms with E-state index in [1.54, 1.807) is 0 Å². The zero-order valence-corrected chi connectivity index (χ0v) is 6.73. The van der Waals surface area contributed by atoms with Crippen molar-refractivity contribution in [2.24, 2.45) is 0 Å². The molecule has 4 heteroatoms. The number of aliphatic hydroxyl groups is 1. The van der Waals surface area contributed by atoms with Crippen LogP contribution in [0.25, 0.3) is 0 Å². The lowest BCUT2D eigenvalue weighted by Crippen LogP contribution is -2.00. The smallest absolute Gasteiger partial charge is 0.335 e. The van der Waals surface area contributed by atoms with Crippen molar-refractivity contribution in [3.63, 3.8) is 0 Å². The average Bonchev–Trinajstić information content (AvgIpc) is 2.16. The van der Waals surface area contributed by atoms with Crippen LogP contribution in [-0.4, -0.2) is 22.5 Å². The summed E-state index contributed by atoms with van der Waals surface area (Å²) in [7, 11) is 0. The van der Waals surface area contributed by atoms with Crippen molar-refractivity contribution in [2.75, 3.05) is 0 Å². The number of carbonyl (C=O) groups excluding carboxylic acids is 1. The van der Waals surface area contributed by atoms with E-state index < -0.39 is 5.97 Å². The van der Waals surface area contributed by atoms with Crippen molar-refractivity contribution in [1.29, 1.82) is 0 Å². The Morgan fingerprint density at radius 3 is 2.62 bits per heavy atom. The van der Waals surface area contributed by atoms with Crippen LogP contribution in [0.15, 0.2) is 18.2 Å². The van der Waals surface area contributed by atoms with E-state index in [4.69, 9.17) is 10.2 Å². The SMILES string of the molecule is O=Cc1cc(C(=O)O)ccc1CO. The van der Waals surface area contributed by atoms with Gasteiger partial charge in [-0.1, -0.05) is 6.07 Å². The van der Waals surface area contributed by atoms with Crippen LogP contribution in [0.1, 0.15) is 26.3 Å². The van der Waals surface area contributed by atoms with Gasteiger partial charge in [-0.3, -0.25) is 4.79 Å².